The van der Waals surface area contributed by atoms with Gasteiger partial charge in [0.25, 0.3) is 0 Å². The zero-order valence-corrected chi connectivity index (χ0v) is 14.7. The molecule has 1 aromatic heterocycles. The highest BCUT2D eigenvalue weighted by atomic mass is 32.2. The van der Waals surface area contributed by atoms with Crippen molar-refractivity contribution in [2.45, 2.75) is 51.0 Å². The Morgan fingerprint density at radius 1 is 1.35 bits per heavy atom. The quantitative estimate of drug-likeness (QED) is 0.893. The molecule has 2 heterocycles. The molecular formula is C17H27N3O2S. The second-order valence-electron chi connectivity index (χ2n) is 6.79. The largest absolute Gasteiger partial charge is 0.313 e. The van der Waals surface area contributed by atoms with Gasteiger partial charge in [0.15, 0.2) is 0 Å². The van der Waals surface area contributed by atoms with Gasteiger partial charge in [0.2, 0.25) is 10.0 Å². The summed E-state index contributed by atoms with van der Waals surface area (Å²) in [6.45, 7) is 4.17. The molecule has 6 heteroatoms. The van der Waals surface area contributed by atoms with E-state index in [0.717, 1.165) is 19.4 Å². The zero-order valence-electron chi connectivity index (χ0n) is 13.9. The Balaban J connectivity index is 1.50. The van der Waals surface area contributed by atoms with Crippen LogP contribution in [0.4, 0.5) is 0 Å². The maximum absolute atomic E-state index is 11.8. The highest BCUT2D eigenvalue weighted by molar-refractivity contribution is 7.89. The summed E-state index contributed by atoms with van der Waals surface area (Å²) in [5.74, 6) is 0.843. The smallest absolute Gasteiger partial charge is 0.214 e. The van der Waals surface area contributed by atoms with Crippen molar-refractivity contribution in [3.63, 3.8) is 0 Å². The van der Waals surface area contributed by atoms with Gasteiger partial charge in [-0.2, -0.15) is 0 Å². The van der Waals surface area contributed by atoms with Gasteiger partial charge in [0, 0.05) is 43.5 Å². The van der Waals surface area contributed by atoms with Crippen LogP contribution in [0.5, 0.6) is 0 Å². The first-order chi connectivity index (χ1) is 11.1. The number of aromatic nitrogens is 1. The van der Waals surface area contributed by atoms with Crippen LogP contribution in [0.1, 0.15) is 49.3 Å². The summed E-state index contributed by atoms with van der Waals surface area (Å²) in [4.78, 5) is 4.58. The van der Waals surface area contributed by atoms with E-state index in [1.807, 2.05) is 12.3 Å². The summed E-state index contributed by atoms with van der Waals surface area (Å²) in [5, 5.41) is 3.57. The van der Waals surface area contributed by atoms with Crippen LogP contribution in [0.3, 0.4) is 0 Å². The van der Waals surface area contributed by atoms with Gasteiger partial charge < -0.3 is 5.32 Å². The first kappa shape index (κ1) is 16.9. The van der Waals surface area contributed by atoms with Crippen molar-refractivity contribution in [1.82, 2.24) is 14.6 Å². The highest BCUT2D eigenvalue weighted by Gasteiger charge is 2.28. The van der Waals surface area contributed by atoms with Crippen molar-refractivity contribution in [3.8, 4) is 0 Å². The molecule has 1 saturated carbocycles. The van der Waals surface area contributed by atoms with E-state index in [2.05, 4.69) is 23.3 Å². The number of nitrogens with zero attached hydrogens (tertiary/aromatic N) is 2. The number of nitrogens with one attached hydrogen (secondary N) is 1. The SMILES string of the molecule is Cc1cccnc1[C@@H]1CCC[C@H](NCCN2CCCS2(=O)=O)C1. The molecule has 3 rings (SSSR count). The second kappa shape index (κ2) is 7.28. The van der Waals surface area contributed by atoms with Crippen molar-refractivity contribution >= 4 is 10.0 Å². The summed E-state index contributed by atoms with van der Waals surface area (Å²) >= 11 is 0. The van der Waals surface area contributed by atoms with Crippen LogP contribution in [0, 0.1) is 6.92 Å². The molecule has 0 aromatic carbocycles. The van der Waals surface area contributed by atoms with Crippen molar-refractivity contribution in [2.24, 2.45) is 0 Å². The third-order valence-electron chi connectivity index (χ3n) is 5.11. The predicted molar refractivity (Wildman–Crippen MR) is 92.0 cm³/mol. The van der Waals surface area contributed by atoms with Gasteiger partial charge in [0.05, 0.1) is 5.75 Å². The molecule has 2 aliphatic rings. The highest BCUT2D eigenvalue weighted by Crippen LogP contribution is 2.33. The number of hydrogen-bond acceptors (Lipinski definition) is 4. The zero-order chi connectivity index (χ0) is 16.3. The summed E-state index contributed by atoms with van der Waals surface area (Å²) in [5.41, 5.74) is 2.52. The van der Waals surface area contributed by atoms with Crippen molar-refractivity contribution in [3.05, 3.63) is 29.6 Å². The molecule has 0 spiro atoms. The Bertz CT molecular complexity index is 632. The molecule has 1 aliphatic heterocycles. The van der Waals surface area contributed by atoms with Crippen LogP contribution in [0.25, 0.3) is 0 Å². The van der Waals surface area contributed by atoms with Gasteiger partial charge >= 0.3 is 0 Å². The molecule has 0 amide bonds. The monoisotopic (exact) mass is 337 g/mol. The van der Waals surface area contributed by atoms with Gasteiger partial charge in [0.1, 0.15) is 0 Å². The number of pyridine rings is 1. The number of sulfonamides is 1. The fraction of sp³-hybridized carbons (Fsp3) is 0.706. The first-order valence-electron chi connectivity index (χ1n) is 8.69. The van der Waals surface area contributed by atoms with Gasteiger partial charge in [-0.3, -0.25) is 4.98 Å². The van der Waals surface area contributed by atoms with E-state index in [0.29, 0.717) is 30.8 Å². The predicted octanol–water partition coefficient (Wildman–Crippen LogP) is 2.04. The topological polar surface area (TPSA) is 62.3 Å². The first-order valence-corrected chi connectivity index (χ1v) is 10.3. The van der Waals surface area contributed by atoms with Gasteiger partial charge in [-0.1, -0.05) is 12.5 Å². The molecule has 2 atom stereocenters. The maximum atomic E-state index is 11.8. The standard InChI is InChI=1S/C17H27N3O2S/c1-14-5-3-8-19-17(14)15-6-2-7-16(13-15)18-9-11-20-10-4-12-23(20,21)22/h3,5,8,15-16,18H,2,4,6-7,9-13H2,1H3/t15-,16+/m1/s1. The van der Waals surface area contributed by atoms with Crippen LogP contribution in [0.2, 0.25) is 0 Å². The lowest BCUT2D eigenvalue weighted by Gasteiger charge is -2.30. The third-order valence-corrected chi connectivity index (χ3v) is 7.06. The molecule has 5 nitrogen and oxygen atoms in total. The minimum atomic E-state index is -2.97. The van der Waals surface area contributed by atoms with Crippen LogP contribution < -0.4 is 5.32 Å². The fourth-order valence-electron chi connectivity index (χ4n) is 3.88. The van der Waals surface area contributed by atoms with E-state index in [-0.39, 0.29) is 0 Å². The Morgan fingerprint density at radius 2 is 2.22 bits per heavy atom. The Hall–Kier alpha value is -0.980. The Kier molecular flexibility index (Phi) is 5.34. The molecule has 0 radical (unpaired) electrons. The summed E-state index contributed by atoms with van der Waals surface area (Å²) in [6.07, 6.45) is 7.35. The van der Waals surface area contributed by atoms with Crippen LogP contribution in [-0.4, -0.2) is 49.1 Å². The maximum Gasteiger partial charge on any atom is 0.214 e. The van der Waals surface area contributed by atoms with E-state index < -0.39 is 10.0 Å². The van der Waals surface area contributed by atoms with E-state index in [4.69, 9.17) is 0 Å². The molecule has 128 valence electrons. The molecule has 1 aliphatic carbocycles. The van der Waals surface area contributed by atoms with Crippen molar-refractivity contribution < 1.29 is 8.42 Å². The fourth-order valence-corrected chi connectivity index (χ4v) is 5.41. The average Bonchev–Trinajstić information content (AvgIpc) is 2.87. The Morgan fingerprint density at radius 3 is 2.96 bits per heavy atom. The van der Waals surface area contributed by atoms with Crippen LogP contribution in [0.15, 0.2) is 18.3 Å². The molecule has 23 heavy (non-hydrogen) atoms. The van der Waals surface area contributed by atoms with Crippen molar-refractivity contribution in [2.75, 3.05) is 25.4 Å². The molecule has 0 unspecified atom stereocenters. The number of rotatable bonds is 5. The minimum absolute atomic E-state index is 0.317. The van der Waals surface area contributed by atoms with Crippen LogP contribution in [-0.2, 0) is 10.0 Å². The molecule has 1 aromatic rings. The third kappa shape index (κ3) is 4.11. The Labute approximate surface area is 139 Å². The molecule has 1 saturated heterocycles. The molecule has 1 N–H and O–H groups in total. The van der Waals surface area contributed by atoms with Crippen LogP contribution >= 0.6 is 0 Å². The molecule has 2 fully saturated rings. The minimum Gasteiger partial charge on any atom is -0.313 e. The van der Waals surface area contributed by atoms with Gasteiger partial charge in [-0.05, 0) is 44.2 Å². The van der Waals surface area contributed by atoms with E-state index in [1.54, 1.807) is 4.31 Å². The number of hydrogen-bond donors (Lipinski definition) is 1. The summed E-state index contributed by atoms with van der Waals surface area (Å²) in [6, 6.07) is 4.60. The van der Waals surface area contributed by atoms with E-state index >= 15 is 0 Å². The average molecular weight is 337 g/mol. The molecular weight excluding hydrogens is 310 g/mol. The molecule has 0 bridgehead atoms. The van der Waals surface area contributed by atoms with E-state index in [1.165, 1.54) is 30.5 Å². The normalized spacial score (nSPS) is 28.0. The summed E-state index contributed by atoms with van der Waals surface area (Å²) in [7, 11) is -2.97. The lowest BCUT2D eigenvalue weighted by atomic mass is 9.82. The van der Waals surface area contributed by atoms with Crippen molar-refractivity contribution in [1.29, 1.82) is 0 Å². The second-order valence-corrected chi connectivity index (χ2v) is 8.88. The van der Waals surface area contributed by atoms with Gasteiger partial charge in [-0.15, -0.1) is 0 Å². The number of aryl methyl sites for hydroxylation is 1. The van der Waals surface area contributed by atoms with E-state index in [9.17, 15) is 8.42 Å². The summed E-state index contributed by atoms with van der Waals surface area (Å²) < 4.78 is 25.2. The van der Waals surface area contributed by atoms with Gasteiger partial charge in [-0.25, -0.2) is 12.7 Å². The lowest BCUT2D eigenvalue weighted by Crippen LogP contribution is -2.39. The lowest BCUT2D eigenvalue weighted by molar-refractivity contribution is 0.324.